The average Bonchev–Trinajstić information content (AvgIpc) is 3.31. The number of benzene rings is 1. The number of nitrogens with zero attached hydrogens (tertiary/aromatic N) is 1. The predicted molar refractivity (Wildman–Crippen MR) is 99.6 cm³/mol. The smallest absolute Gasteiger partial charge is 0.355 e. The van der Waals surface area contributed by atoms with E-state index in [1.165, 1.54) is 14.2 Å². The fourth-order valence-electron chi connectivity index (χ4n) is 2.71. The first-order valence-electron chi connectivity index (χ1n) is 8.30. The van der Waals surface area contributed by atoms with E-state index in [0.717, 1.165) is 0 Å². The van der Waals surface area contributed by atoms with Crippen LogP contribution in [-0.2, 0) is 16.6 Å². The van der Waals surface area contributed by atoms with Gasteiger partial charge in [-0.3, -0.25) is 14.9 Å². The van der Waals surface area contributed by atoms with Crippen LogP contribution in [0.3, 0.4) is 0 Å². The van der Waals surface area contributed by atoms with Crippen LogP contribution >= 0.6 is 0 Å². The largest absolute Gasteiger partial charge is 0.497 e. The molecular formula is C19H19N3O6. The third-order valence-corrected chi connectivity index (χ3v) is 4.10. The van der Waals surface area contributed by atoms with E-state index in [1.54, 1.807) is 48.1 Å². The number of aromatic amines is 1. The number of hydrogen-bond acceptors (Lipinski definition) is 6. The topological polar surface area (TPSA) is 112 Å². The van der Waals surface area contributed by atoms with Gasteiger partial charge in [0.2, 0.25) is 0 Å². The highest BCUT2D eigenvalue weighted by atomic mass is 16.5. The number of H-pyrrole nitrogens is 1. The fourth-order valence-corrected chi connectivity index (χ4v) is 2.71. The van der Waals surface area contributed by atoms with Gasteiger partial charge in [-0.05, 0) is 24.3 Å². The van der Waals surface area contributed by atoms with E-state index < -0.39 is 24.4 Å². The molecule has 9 nitrogen and oxygen atoms in total. The summed E-state index contributed by atoms with van der Waals surface area (Å²) in [4.78, 5) is 39.0. The van der Waals surface area contributed by atoms with Crippen LogP contribution in [0.2, 0.25) is 0 Å². The number of carbonyl (C=O) groups excluding carboxylic acids is 3. The molecule has 28 heavy (non-hydrogen) atoms. The highest BCUT2D eigenvalue weighted by Gasteiger charge is 2.18. The Kier molecular flexibility index (Phi) is 5.35. The molecule has 0 radical (unpaired) electrons. The lowest BCUT2D eigenvalue weighted by Crippen LogP contribution is -2.35. The van der Waals surface area contributed by atoms with Crippen LogP contribution in [-0.4, -0.2) is 48.2 Å². The van der Waals surface area contributed by atoms with Gasteiger partial charge >= 0.3 is 5.97 Å². The van der Waals surface area contributed by atoms with Crippen molar-refractivity contribution in [1.82, 2.24) is 14.9 Å². The first kappa shape index (κ1) is 19.0. The van der Waals surface area contributed by atoms with Crippen LogP contribution in [0.5, 0.6) is 11.5 Å². The van der Waals surface area contributed by atoms with Gasteiger partial charge in [0.25, 0.3) is 11.8 Å². The van der Waals surface area contributed by atoms with Crippen molar-refractivity contribution in [3.8, 4) is 11.5 Å². The maximum atomic E-state index is 12.2. The van der Waals surface area contributed by atoms with Gasteiger partial charge in [-0.25, -0.2) is 4.79 Å². The summed E-state index contributed by atoms with van der Waals surface area (Å²) in [7, 11) is 4.71. The van der Waals surface area contributed by atoms with E-state index in [4.69, 9.17) is 14.2 Å². The summed E-state index contributed by atoms with van der Waals surface area (Å²) in [5.41, 5.74) is 1.05. The number of aromatic nitrogens is 2. The van der Waals surface area contributed by atoms with Crippen LogP contribution in [0.15, 0.2) is 36.5 Å². The number of rotatable bonds is 6. The minimum absolute atomic E-state index is 0.142. The number of hydrogen-bond donors (Lipinski definition) is 2. The van der Waals surface area contributed by atoms with Gasteiger partial charge in [0.05, 0.1) is 19.7 Å². The van der Waals surface area contributed by atoms with Crippen molar-refractivity contribution in [2.75, 3.05) is 20.8 Å². The average molecular weight is 385 g/mol. The normalized spacial score (nSPS) is 10.5. The molecule has 0 atom stereocenters. The van der Waals surface area contributed by atoms with Gasteiger partial charge in [0, 0.05) is 24.7 Å². The minimum atomic E-state index is -0.737. The summed E-state index contributed by atoms with van der Waals surface area (Å²) < 4.78 is 17.0. The molecule has 0 aliphatic rings. The zero-order valence-electron chi connectivity index (χ0n) is 15.6. The maximum absolute atomic E-state index is 12.2. The van der Waals surface area contributed by atoms with Crippen molar-refractivity contribution in [3.63, 3.8) is 0 Å². The Morgan fingerprint density at radius 3 is 2.57 bits per heavy atom. The molecule has 1 aromatic carbocycles. The van der Waals surface area contributed by atoms with E-state index in [2.05, 4.69) is 10.3 Å². The molecule has 0 unspecified atom stereocenters. The summed E-state index contributed by atoms with van der Waals surface area (Å²) in [5.74, 6) is -0.967. The number of imide groups is 1. The second kappa shape index (κ2) is 7.87. The first-order valence-corrected chi connectivity index (χ1v) is 8.30. The molecule has 9 heteroatoms. The molecule has 0 fully saturated rings. The number of amides is 2. The lowest BCUT2D eigenvalue weighted by Gasteiger charge is -2.06. The molecule has 2 N–H and O–H groups in total. The van der Waals surface area contributed by atoms with Gasteiger partial charge in [-0.1, -0.05) is 0 Å². The SMILES string of the molecule is COc1cc(OC)c2[nH]c(C(=O)OCC(=O)NC(=O)c3cccn3C)cc2c1. The summed E-state index contributed by atoms with van der Waals surface area (Å²) in [6, 6.07) is 8.22. The van der Waals surface area contributed by atoms with Crippen LogP contribution in [0.25, 0.3) is 10.9 Å². The van der Waals surface area contributed by atoms with Crippen LogP contribution in [0.4, 0.5) is 0 Å². The number of methoxy groups -OCH3 is 2. The molecule has 146 valence electrons. The van der Waals surface area contributed by atoms with Gasteiger partial charge in [-0.15, -0.1) is 0 Å². The number of carbonyl (C=O) groups is 3. The quantitative estimate of drug-likeness (QED) is 0.624. The zero-order valence-corrected chi connectivity index (χ0v) is 15.6. The molecule has 0 aliphatic carbocycles. The van der Waals surface area contributed by atoms with Gasteiger partial charge in [0.1, 0.15) is 22.9 Å². The molecule has 3 rings (SSSR count). The van der Waals surface area contributed by atoms with Gasteiger partial charge in [-0.2, -0.15) is 0 Å². The van der Waals surface area contributed by atoms with Gasteiger partial charge in [0.15, 0.2) is 6.61 Å². The van der Waals surface area contributed by atoms with Crippen molar-refractivity contribution >= 4 is 28.7 Å². The second-order valence-corrected chi connectivity index (χ2v) is 5.93. The van der Waals surface area contributed by atoms with Crippen molar-refractivity contribution in [2.45, 2.75) is 0 Å². The summed E-state index contributed by atoms with van der Waals surface area (Å²) in [6.45, 7) is -0.592. The van der Waals surface area contributed by atoms with Crippen molar-refractivity contribution < 1.29 is 28.6 Å². The lowest BCUT2D eigenvalue weighted by molar-refractivity contribution is -0.123. The van der Waals surface area contributed by atoms with E-state index in [1.807, 2.05) is 0 Å². The molecule has 0 bridgehead atoms. The van der Waals surface area contributed by atoms with Crippen molar-refractivity contribution in [3.05, 3.63) is 47.9 Å². The van der Waals surface area contributed by atoms with Crippen molar-refractivity contribution in [1.29, 1.82) is 0 Å². The monoisotopic (exact) mass is 385 g/mol. The standard InChI is InChI=1S/C19H19N3O6/c1-22-6-4-5-14(22)18(24)21-16(23)10-28-19(25)13-8-11-7-12(26-2)9-15(27-3)17(11)20-13/h4-9,20H,10H2,1-3H3,(H,21,23,24). The molecular weight excluding hydrogens is 366 g/mol. The molecule has 2 amide bonds. The Morgan fingerprint density at radius 2 is 1.93 bits per heavy atom. The third kappa shape index (κ3) is 3.83. The highest BCUT2D eigenvalue weighted by Crippen LogP contribution is 2.31. The molecule has 0 aliphatic heterocycles. The molecule has 0 saturated carbocycles. The number of nitrogens with one attached hydrogen (secondary N) is 2. The Bertz CT molecular complexity index is 1050. The molecule has 2 heterocycles. The summed E-state index contributed by atoms with van der Waals surface area (Å²) in [5, 5.41) is 2.85. The van der Waals surface area contributed by atoms with Crippen LogP contribution in [0, 0.1) is 0 Å². The lowest BCUT2D eigenvalue weighted by atomic mass is 10.2. The molecule has 3 aromatic rings. The zero-order chi connectivity index (χ0) is 20.3. The third-order valence-electron chi connectivity index (χ3n) is 4.10. The van der Waals surface area contributed by atoms with E-state index in [-0.39, 0.29) is 5.69 Å². The van der Waals surface area contributed by atoms with E-state index >= 15 is 0 Å². The van der Waals surface area contributed by atoms with Gasteiger partial charge < -0.3 is 23.8 Å². The predicted octanol–water partition coefficient (Wildman–Crippen LogP) is 1.64. The van der Waals surface area contributed by atoms with Crippen LogP contribution in [0.1, 0.15) is 21.0 Å². The number of fused-ring (bicyclic) bond motifs is 1. The summed E-state index contributed by atoms with van der Waals surface area (Å²) >= 11 is 0. The van der Waals surface area contributed by atoms with Crippen molar-refractivity contribution in [2.24, 2.45) is 7.05 Å². The Morgan fingerprint density at radius 1 is 1.14 bits per heavy atom. The molecule has 0 saturated heterocycles. The van der Waals surface area contributed by atoms with Crippen LogP contribution < -0.4 is 14.8 Å². The molecule has 2 aromatic heterocycles. The highest BCUT2D eigenvalue weighted by molar-refractivity contribution is 6.05. The maximum Gasteiger partial charge on any atom is 0.355 e. The first-order chi connectivity index (χ1) is 13.4. The Labute approximate surface area is 160 Å². The molecule has 0 spiro atoms. The second-order valence-electron chi connectivity index (χ2n) is 5.93. The Balaban J connectivity index is 1.65. The summed E-state index contributed by atoms with van der Waals surface area (Å²) in [6.07, 6.45) is 1.68. The van der Waals surface area contributed by atoms with E-state index in [9.17, 15) is 14.4 Å². The number of esters is 1. The Hall–Kier alpha value is -3.75. The van der Waals surface area contributed by atoms with E-state index in [0.29, 0.717) is 28.1 Å². The minimum Gasteiger partial charge on any atom is -0.497 e. The fraction of sp³-hybridized carbons (Fsp3) is 0.211. The number of aryl methyl sites for hydroxylation is 1. The number of ether oxygens (including phenoxy) is 3.